The van der Waals surface area contributed by atoms with Crippen LogP contribution >= 0.6 is 11.8 Å². The van der Waals surface area contributed by atoms with Crippen molar-refractivity contribution in [1.82, 2.24) is 10.3 Å². The molecule has 1 aliphatic carbocycles. The van der Waals surface area contributed by atoms with E-state index in [0.717, 1.165) is 31.2 Å². The fraction of sp³-hybridized carbons (Fsp3) is 0.538. The minimum atomic E-state index is -0.524. The number of halogens is 1. The summed E-state index contributed by atoms with van der Waals surface area (Å²) in [4.78, 5) is 15.5. The molecule has 2 amide bonds. The van der Waals surface area contributed by atoms with Gasteiger partial charge in [0.05, 0.1) is 11.9 Å². The Bertz CT molecular complexity index is 444. The van der Waals surface area contributed by atoms with E-state index in [0.29, 0.717) is 5.25 Å². The number of aromatic nitrogens is 1. The highest BCUT2D eigenvalue weighted by Crippen LogP contribution is 2.29. The Morgan fingerprint density at radius 1 is 1.58 bits per heavy atom. The second kappa shape index (κ2) is 6.75. The minimum Gasteiger partial charge on any atom is -0.334 e. The third kappa shape index (κ3) is 3.83. The molecular weight excluding hydrogens is 265 g/mol. The first-order valence-corrected chi connectivity index (χ1v) is 7.54. The minimum absolute atomic E-state index is 0.158. The number of carbonyl (C=O) groups is 1. The highest BCUT2D eigenvalue weighted by atomic mass is 32.2. The Hall–Kier alpha value is -1.30. The quantitative estimate of drug-likeness (QED) is 0.893. The lowest BCUT2D eigenvalue weighted by atomic mass is 10.2. The topological polar surface area (TPSA) is 54.0 Å². The smallest absolute Gasteiger partial charge is 0.319 e. The van der Waals surface area contributed by atoms with Crippen LogP contribution in [0.15, 0.2) is 18.5 Å². The second-order valence-corrected chi connectivity index (χ2v) is 6.00. The maximum atomic E-state index is 13.4. The molecule has 6 heteroatoms. The van der Waals surface area contributed by atoms with Gasteiger partial charge in [0.1, 0.15) is 0 Å². The van der Waals surface area contributed by atoms with Gasteiger partial charge in [-0.1, -0.05) is 13.3 Å². The molecule has 104 valence electrons. The summed E-state index contributed by atoms with van der Waals surface area (Å²) in [5.74, 6) is 0.521. The van der Waals surface area contributed by atoms with Crippen molar-refractivity contribution in [2.45, 2.75) is 37.5 Å². The van der Waals surface area contributed by atoms with Gasteiger partial charge in [0, 0.05) is 17.5 Å². The van der Waals surface area contributed by atoms with Crippen LogP contribution < -0.4 is 10.6 Å². The first kappa shape index (κ1) is 14.1. The van der Waals surface area contributed by atoms with Crippen molar-refractivity contribution in [3.63, 3.8) is 0 Å². The Morgan fingerprint density at radius 2 is 2.42 bits per heavy atom. The van der Waals surface area contributed by atoms with E-state index in [1.165, 1.54) is 12.3 Å². The summed E-state index contributed by atoms with van der Waals surface area (Å²) in [5, 5.41) is 5.93. The Balaban J connectivity index is 1.89. The molecule has 2 unspecified atom stereocenters. The van der Waals surface area contributed by atoms with Crippen molar-refractivity contribution in [2.75, 3.05) is 11.1 Å². The van der Waals surface area contributed by atoms with Crippen molar-refractivity contribution in [2.24, 2.45) is 0 Å². The van der Waals surface area contributed by atoms with Crippen molar-refractivity contribution in [3.05, 3.63) is 24.3 Å². The SMILES string of the molecule is CCSC1CCCC1NC(=O)Nc1ccncc1F. The molecule has 19 heavy (non-hydrogen) atoms. The van der Waals surface area contributed by atoms with Gasteiger partial charge in [0.2, 0.25) is 0 Å². The van der Waals surface area contributed by atoms with Crippen LogP contribution in [0.4, 0.5) is 14.9 Å². The lowest BCUT2D eigenvalue weighted by molar-refractivity contribution is 0.248. The number of urea groups is 1. The molecule has 1 aromatic heterocycles. The molecule has 0 spiro atoms. The maximum Gasteiger partial charge on any atom is 0.319 e. The van der Waals surface area contributed by atoms with E-state index in [9.17, 15) is 9.18 Å². The standard InChI is InChI=1S/C13H18FN3OS/c1-2-19-12-5-3-4-11(12)17-13(18)16-10-6-7-15-8-9(10)14/h6-8,11-12H,2-5H2,1H3,(H2,15,16,17,18). The van der Waals surface area contributed by atoms with Crippen LogP contribution in [0.1, 0.15) is 26.2 Å². The second-order valence-electron chi connectivity index (χ2n) is 4.49. The van der Waals surface area contributed by atoms with E-state index in [2.05, 4.69) is 22.5 Å². The normalized spacial score (nSPS) is 22.2. The number of amides is 2. The zero-order valence-corrected chi connectivity index (χ0v) is 11.7. The van der Waals surface area contributed by atoms with Crippen molar-refractivity contribution in [3.8, 4) is 0 Å². The summed E-state index contributed by atoms with van der Waals surface area (Å²) < 4.78 is 13.4. The Labute approximate surface area is 116 Å². The molecule has 0 saturated heterocycles. The summed E-state index contributed by atoms with van der Waals surface area (Å²) in [6.45, 7) is 2.12. The number of hydrogen-bond donors (Lipinski definition) is 2. The number of rotatable bonds is 4. The number of nitrogens with one attached hydrogen (secondary N) is 2. The van der Waals surface area contributed by atoms with Crippen LogP contribution in [0.3, 0.4) is 0 Å². The molecule has 1 fully saturated rings. The average Bonchev–Trinajstić information content (AvgIpc) is 2.80. The fourth-order valence-corrected chi connectivity index (χ4v) is 3.51. The van der Waals surface area contributed by atoms with Gasteiger partial charge in [0.15, 0.2) is 5.82 Å². The molecule has 0 bridgehead atoms. The number of pyridine rings is 1. The van der Waals surface area contributed by atoms with Gasteiger partial charge in [-0.3, -0.25) is 4.98 Å². The highest BCUT2D eigenvalue weighted by Gasteiger charge is 2.28. The molecule has 0 aliphatic heterocycles. The lowest BCUT2D eigenvalue weighted by Gasteiger charge is -2.20. The van der Waals surface area contributed by atoms with Crippen LogP contribution in [-0.4, -0.2) is 28.1 Å². The van der Waals surface area contributed by atoms with E-state index < -0.39 is 5.82 Å². The van der Waals surface area contributed by atoms with Gasteiger partial charge in [0.25, 0.3) is 0 Å². The predicted octanol–water partition coefficient (Wildman–Crippen LogP) is 3.02. The van der Waals surface area contributed by atoms with E-state index in [4.69, 9.17) is 0 Å². The van der Waals surface area contributed by atoms with Gasteiger partial charge < -0.3 is 10.6 Å². The van der Waals surface area contributed by atoms with Gasteiger partial charge in [-0.2, -0.15) is 11.8 Å². The highest BCUT2D eigenvalue weighted by molar-refractivity contribution is 7.99. The molecule has 2 rings (SSSR count). The lowest BCUT2D eigenvalue weighted by Crippen LogP contribution is -2.41. The van der Waals surface area contributed by atoms with Crippen molar-refractivity contribution < 1.29 is 9.18 Å². The Kier molecular flexibility index (Phi) is 5.01. The molecule has 0 radical (unpaired) electrons. The van der Waals surface area contributed by atoms with Gasteiger partial charge in [-0.25, -0.2) is 9.18 Å². The van der Waals surface area contributed by atoms with Crippen LogP contribution in [0.5, 0.6) is 0 Å². The summed E-state index contributed by atoms with van der Waals surface area (Å²) in [6, 6.07) is 1.27. The molecule has 2 N–H and O–H groups in total. The van der Waals surface area contributed by atoms with E-state index in [1.807, 2.05) is 11.8 Å². The van der Waals surface area contributed by atoms with Crippen molar-refractivity contribution in [1.29, 1.82) is 0 Å². The van der Waals surface area contributed by atoms with E-state index in [-0.39, 0.29) is 17.8 Å². The molecule has 2 atom stereocenters. The van der Waals surface area contributed by atoms with Gasteiger partial charge in [-0.15, -0.1) is 0 Å². The number of thioether (sulfide) groups is 1. The van der Waals surface area contributed by atoms with Gasteiger partial charge >= 0.3 is 6.03 Å². The molecule has 1 heterocycles. The van der Waals surface area contributed by atoms with Crippen molar-refractivity contribution >= 4 is 23.5 Å². The maximum absolute atomic E-state index is 13.4. The summed E-state index contributed by atoms with van der Waals surface area (Å²) in [7, 11) is 0. The number of carbonyl (C=O) groups excluding carboxylic acids is 1. The van der Waals surface area contributed by atoms with E-state index >= 15 is 0 Å². The first-order valence-electron chi connectivity index (χ1n) is 6.49. The largest absolute Gasteiger partial charge is 0.334 e. The van der Waals surface area contributed by atoms with Crippen LogP contribution in [0, 0.1) is 5.82 Å². The molecule has 1 aromatic rings. The third-order valence-corrected chi connectivity index (χ3v) is 4.50. The summed E-state index contributed by atoms with van der Waals surface area (Å²) in [6.07, 6.45) is 5.79. The monoisotopic (exact) mass is 283 g/mol. The number of nitrogens with zero attached hydrogens (tertiary/aromatic N) is 1. The third-order valence-electron chi connectivity index (χ3n) is 3.17. The van der Waals surface area contributed by atoms with Crippen LogP contribution in [0.25, 0.3) is 0 Å². The Morgan fingerprint density at radius 3 is 3.16 bits per heavy atom. The number of anilines is 1. The molecule has 0 aromatic carbocycles. The molecular formula is C13H18FN3OS. The van der Waals surface area contributed by atoms with Gasteiger partial charge in [-0.05, 0) is 24.7 Å². The average molecular weight is 283 g/mol. The summed E-state index contributed by atoms with van der Waals surface area (Å²) >= 11 is 1.87. The predicted molar refractivity (Wildman–Crippen MR) is 75.9 cm³/mol. The first-order chi connectivity index (χ1) is 9.20. The fourth-order valence-electron chi connectivity index (χ4n) is 2.31. The number of hydrogen-bond acceptors (Lipinski definition) is 3. The molecule has 1 aliphatic rings. The zero-order valence-electron chi connectivity index (χ0n) is 10.9. The molecule has 1 saturated carbocycles. The van der Waals surface area contributed by atoms with E-state index in [1.54, 1.807) is 0 Å². The summed E-state index contributed by atoms with van der Waals surface area (Å²) in [5.41, 5.74) is 0.158. The zero-order chi connectivity index (χ0) is 13.7. The van der Waals surface area contributed by atoms with Crippen LogP contribution in [0.2, 0.25) is 0 Å². The van der Waals surface area contributed by atoms with Crippen LogP contribution in [-0.2, 0) is 0 Å². The molecule has 4 nitrogen and oxygen atoms in total.